The van der Waals surface area contributed by atoms with Gasteiger partial charge in [-0.2, -0.15) is 0 Å². The highest BCUT2D eigenvalue weighted by atomic mass is 79.9. The number of aromatic nitrogens is 1. The molecule has 180 valence electrons. The molecular weight excluding hydrogens is 556 g/mol. The number of ether oxygens (including phenoxy) is 1. The van der Waals surface area contributed by atoms with Gasteiger partial charge in [0.15, 0.2) is 0 Å². The van der Waals surface area contributed by atoms with Crippen LogP contribution in [0.1, 0.15) is 21.6 Å². The first-order valence-electron chi connectivity index (χ1n) is 10.4. The van der Waals surface area contributed by atoms with Gasteiger partial charge in [0.25, 0.3) is 15.9 Å². The maximum absolute atomic E-state index is 13.4. The number of methoxy groups -OCH3 is 1. The Labute approximate surface area is 215 Å². The lowest BCUT2D eigenvalue weighted by molar-refractivity contribution is -0.118. The van der Waals surface area contributed by atoms with E-state index in [1.807, 2.05) is 0 Å². The lowest BCUT2D eigenvalue weighted by atomic mass is 10.1. The van der Waals surface area contributed by atoms with Crippen LogP contribution in [-0.4, -0.2) is 31.9 Å². The van der Waals surface area contributed by atoms with Gasteiger partial charge < -0.3 is 4.74 Å². The fourth-order valence-corrected chi connectivity index (χ4v) is 5.54. The Morgan fingerprint density at radius 1 is 1.06 bits per heavy atom. The van der Waals surface area contributed by atoms with Crippen molar-refractivity contribution in [2.45, 2.75) is 18.2 Å². The van der Waals surface area contributed by atoms with Crippen LogP contribution in [0.15, 0.2) is 76.1 Å². The molecule has 0 spiro atoms. The van der Waals surface area contributed by atoms with Crippen LogP contribution in [0, 0.1) is 6.92 Å². The fourth-order valence-electron chi connectivity index (χ4n) is 3.84. The minimum Gasteiger partial charge on any atom is -0.497 e. The summed E-state index contributed by atoms with van der Waals surface area (Å²) in [6.45, 7) is 1.71. The number of carbonyl (C=O) groups excluding carboxylic acids is 2. The van der Waals surface area contributed by atoms with Gasteiger partial charge in [-0.25, -0.2) is 13.1 Å². The van der Waals surface area contributed by atoms with Crippen LogP contribution in [0.3, 0.4) is 0 Å². The van der Waals surface area contributed by atoms with E-state index in [0.717, 1.165) is 0 Å². The Balaban J connectivity index is 1.74. The molecule has 0 aliphatic rings. The molecule has 0 aliphatic heterocycles. The number of halogens is 2. The largest absolute Gasteiger partial charge is 0.497 e. The van der Waals surface area contributed by atoms with Gasteiger partial charge in [-0.3, -0.25) is 14.2 Å². The predicted octanol–water partition coefficient (Wildman–Crippen LogP) is 5.11. The Morgan fingerprint density at radius 2 is 1.77 bits per heavy atom. The lowest BCUT2D eigenvalue weighted by Crippen LogP contribution is -2.32. The van der Waals surface area contributed by atoms with E-state index in [9.17, 15) is 18.0 Å². The zero-order chi connectivity index (χ0) is 25.3. The Kier molecular flexibility index (Phi) is 7.02. The third kappa shape index (κ3) is 5.12. The molecule has 0 unspecified atom stereocenters. The van der Waals surface area contributed by atoms with Crippen molar-refractivity contribution in [3.8, 4) is 5.75 Å². The summed E-state index contributed by atoms with van der Waals surface area (Å²) in [6, 6.07) is 17.7. The van der Waals surface area contributed by atoms with E-state index in [-0.39, 0.29) is 17.2 Å². The maximum atomic E-state index is 13.4. The van der Waals surface area contributed by atoms with E-state index in [0.29, 0.717) is 43.0 Å². The monoisotopic (exact) mass is 574 g/mol. The molecule has 0 bridgehead atoms. The van der Waals surface area contributed by atoms with Crippen molar-refractivity contribution in [3.63, 3.8) is 0 Å². The van der Waals surface area contributed by atoms with E-state index in [2.05, 4.69) is 20.7 Å². The van der Waals surface area contributed by atoms with Crippen molar-refractivity contribution < 1.29 is 22.7 Å². The van der Waals surface area contributed by atoms with Crippen molar-refractivity contribution >= 4 is 60.3 Å². The smallest absolute Gasteiger partial charge is 0.264 e. The minimum absolute atomic E-state index is 0.0426. The van der Waals surface area contributed by atoms with Crippen molar-refractivity contribution in [1.82, 2.24) is 9.29 Å². The average molecular weight is 576 g/mol. The summed E-state index contributed by atoms with van der Waals surface area (Å²) in [5.41, 5.74) is 2.02. The summed E-state index contributed by atoms with van der Waals surface area (Å²) in [6.07, 6.45) is -0.260. The zero-order valence-corrected chi connectivity index (χ0v) is 21.9. The van der Waals surface area contributed by atoms with Gasteiger partial charge in [0, 0.05) is 26.1 Å². The summed E-state index contributed by atoms with van der Waals surface area (Å²) in [4.78, 5) is 26.2. The second kappa shape index (κ2) is 9.85. The number of hydrogen-bond donors (Lipinski definition) is 1. The van der Waals surface area contributed by atoms with Gasteiger partial charge >= 0.3 is 0 Å². The molecule has 1 amide bonds. The molecule has 10 heteroatoms. The number of benzene rings is 3. The van der Waals surface area contributed by atoms with Crippen LogP contribution in [-0.2, 0) is 21.2 Å². The molecule has 1 aromatic heterocycles. The number of fused-ring (bicyclic) bond motifs is 1. The molecule has 0 radical (unpaired) electrons. The predicted molar refractivity (Wildman–Crippen MR) is 138 cm³/mol. The number of sulfonamides is 1. The van der Waals surface area contributed by atoms with Crippen LogP contribution in [0.4, 0.5) is 0 Å². The van der Waals surface area contributed by atoms with Gasteiger partial charge in [-0.1, -0.05) is 33.6 Å². The van der Waals surface area contributed by atoms with Gasteiger partial charge in [0.1, 0.15) is 5.75 Å². The van der Waals surface area contributed by atoms with Gasteiger partial charge in [0.2, 0.25) is 5.91 Å². The highest BCUT2D eigenvalue weighted by molar-refractivity contribution is 9.10. The number of carbonyl (C=O) groups is 2. The second-order valence-corrected chi connectivity index (χ2v) is 10.8. The number of nitrogens with one attached hydrogen (secondary N) is 1. The van der Waals surface area contributed by atoms with Gasteiger partial charge in [0.05, 0.1) is 23.9 Å². The van der Waals surface area contributed by atoms with Crippen LogP contribution in [0.2, 0.25) is 5.02 Å². The lowest BCUT2D eigenvalue weighted by Gasteiger charge is -2.09. The standard InChI is InChI=1S/C25H20BrClN2O5S/c1-15-21(14-24(30)28-35(32,33)20-5-3-4-17(26)12-20)22-13-19(34-2)10-11-23(22)29(15)25(31)16-6-8-18(27)9-7-16/h3-13H,14H2,1-2H3,(H,28,30). The molecule has 0 saturated carbocycles. The molecule has 7 nitrogen and oxygen atoms in total. The van der Waals surface area contributed by atoms with E-state index in [1.165, 1.54) is 23.8 Å². The molecular formula is C25H20BrClN2O5S. The van der Waals surface area contributed by atoms with Crippen LogP contribution < -0.4 is 9.46 Å². The van der Waals surface area contributed by atoms with Crippen LogP contribution >= 0.6 is 27.5 Å². The molecule has 1 N–H and O–H groups in total. The van der Waals surface area contributed by atoms with Gasteiger partial charge in [-0.15, -0.1) is 0 Å². The highest BCUT2D eigenvalue weighted by Gasteiger charge is 2.24. The first-order valence-corrected chi connectivity index (χ1v) is 13.1. The van der Waals surface area contributed by atoms with E-state index in [4.69, 9.17) is 16.3 Å². The zero-order valence-electron chi connectivity index (χ0n) is 18.7. The highest BCUT2D eigenvalue weighted by Crippen LogP contribution is 2.31. The number of nitrogens with zero attached hydrogens (tertiary/aromatic N) is 1. The second-order valence-electron chi connectivity index (χ2n) is 7.76. The van der Waals surface area contributed by atoms with Crippen molar-refractivity contribution in [3.05, 3.63) is 93.0 Å². The normalized spacial score (nSPS) is 11.4. The number of amides is 1. The fraction of sp³-hybridized carbons (Fsp3) is 0.120. The Morgan fingerprint density at radius 3 is 2.43 bits per heavy atom. The number of rotatable bonds is 6. The van der Waals surface area contributed by atoms with Crippen molar-refractivity contribution in [2.24, 2.45) is 0 Å². The Hall–Kier alpha value is -3.14. The average Bonchev–Trinajstić information content (AvgIpc) is 3.09. The minimum atomic E-state index is -4.08. The maximum Gasteiger partial charge on any atom is 0.264 e. The third-order valence-corrected chi connectivity index (χ3v) is 7.64. The molecule has 1 heterocycles. The SMILES string of the molecule is COc1ccc2c(c1)c(CC(=O)NS(=O)(=O)c1cccc(Br)c1)c(C)n2C(=O)c1ccc(Cl)cc1. The van der Waals surface area contributed by atoms with E-state index in [1.54, 1.807) is 61.5 Å². The third-order valence-electron chi connectivity index (χ3n) is 5.53. The summed E-state index contributed by atoms with van der Waals surface area (Å²) in [5.74, 6) is -0.492. The van der Waals surface area contributed by atoms with E-state index >= 15 is 0 Å². The molecule has 3 aromatic carbocycles. The first kappa shape index (κ1) is 25.0. The molecule has 4 aromatic rings. The summed E-state index contributed by atoms with van der Waals surface area (Å²) in [5, 5.41) is 1.11. The van der Waals surface area contributed by atoms with Crippen molar-refractivity contribution in [1.29, 1.82) is 0 Å². The number of hydrogen-bond acceptors (Lipinski definition) is 5. The summed E-state index contributed by atoms with van der Waals surface area (Å²) < 4.78 is 35.0. The van der Waals surface area contributed by atoms with Crippen molar-refractivity contribution in [2.75, 3.05) is 7.11 Å². The summed E-state index contributed by atoms with van der Waals surface area (Å²) >= 11 is 9.19. The molecule has 4 rings (SSSR count). The van der Waals surface area contributed by atoms with Crippen LogP contribution in [0.5, 0.6) is 5.75 Å². The Bertz CT molecular complexity index is 1560. The topological polar surface area (TPSA) is 94.5 Å². The molecule has 35 heavy (non-hydrogen) atoms. The quantitative estimate of drug-likeness (QED) is 0.345. The van der Waals surface area contributed by atoms with Crippen LogP contribution in [0.25, 0.3) is 10.9 Å². The molecule has 0 fully saturated rings. The summed E-state index contributed by atoms with van der Waals surface area (Å²) in [7, 11) is -2.56. The molecule has 0 atom stereocenters. The van der Waals surface area contributed by atoms with Gasteiger partial charge in [-0.05, 0) is 73.2 Å². The molecule has 0 aliphatic carbocycles. The molecule has 0 saturated heterocycles. The first-order chi connectivity index (χ1) is 16.6. The van der Waals surface area contributed by atoms with E-state index < -0.39 is 15.9 Å².